The van der Waals surface area contributed by atoms with Gasteiger partial charge in [-0.05, 0) is 38.5 Å². The average molecular weight is 348 g/mol. The van der Waals surface area contributed by atoms with Crippen molar-refractivity contribution in [3.63, 3.8) is 0 Å². The van der Waals surface area contributed by atoms with Crippen LogP contribution < -0.4 is 5.32 Å². The van der Waals surface area contributed by atoms with Crippen LogP contribution in [0.15, 0.2) is 0 Å². The molecule has 0 bridgehead atoms. The molecular weight excluding hydrogens is 320 g/mol. The van der Waals surface area contributed by atoms with Crippen molar-refractivity contribution in [2.75, 3.05) is 26.3 Å². The standard InChI is InChI=1S/C18H28N4O3/c1-21-17(15-4-2-3-5-16(15)20-21)18(24)19-12-8-13-11-25-14(6-7-23)10-22(13)9-12/h12-14,23H,2-11H2,1H3,(H,19,24)/t12-,13-,14-/m0/s1. The molecule has 0 radical (unpaired) electrons. The van der Waals surface area contributed by atoms with E-state index in [0.29, 0.717) is 19.1 Å². The molecule has 3 atom stereocenters. The molecule has 1 amide bonds. The predicted molar refractivity (Wildman–Crippen MR) is 92.5 cm³/mol. The summed E-state index contributed by atoms with van der Waals surface area (Å²) in [6.45, 7) is 2.56. The second-order valence-electron chi connectivity index (χ2n) is 7.59. The van der Waals surface area contributed by atoms with Crippen LogP contribution in [0.5, 0.6) is 0 Å². The van der Waals surface area contributed by atoms with E-state index in [1.165, 1.54) is 6.42 Å². The number of amides is 1. The predicted octanol–water partition coefficient (Wildman–Crippen LogP) is 0.253. The molecule has 1 aromatic heterocycles. The maximum Gasteiger partial charge on any atom is 0.270 e. The van der Waals surface area contributed by atoms with Gasteiger partial charge in [-0.25, -0.2) is 0 Å². The summed E-state index contributed by atoms with van der Waals surface area (Å²) in [7, 11) is 1.87. The Balaban J connectivity index is 1.40. The number of aromatic nitrogens is 2. The number of nitrogens with zero attached hydrogens (tertiary/aromatic N) is 3. The lowest BCUT2D eigenvalue weighted by molar-refractivity contribution is -0.0566. The molecule has 4 rings (SSSR count). The number of ether oxygens (including phenoxy) is 1. The minimum atomic E-state index is 0.0100. The number of aryl methyl sites for hydroxylation is 2. The molecule has 3 aliphatic rings. The van der Waals surface area contributed by atoms with E-state index < -0.39 is 0 Å². The first kappa shape index (κ1) is 17.0. The number of rotatable bonds is 4. The molecule has 25 heavy (non-hydrogen) atoms. The molecule has 7 nitrogen and oxygen atoms in total. The third-order valence-corrected chi connectivity index (χ3v) is 5.81. The zero-order valence-electron chi connectivity index (χ0n) is 14.9. The van der Waals surface area contributed by atoms with Crippen LogP contribution in [0.3, 0.4) is 0 Å². The van der Waals surface area contributed by atoms with Gasteiger partial charge in [0.05, 0.1) is 18.4 Å². The highest BCUT2D eigenvalue weighted by Gasteiger charge is 2.38. The van der Waals surface area contributed by atoms with Gasteiger partial charge in [0.2, 0.25) is 0 Å². The Hall–Kier alpha value is -1.44. The SMILES string of the molecule is Cn1nc2c(c1C(=O)N[C@H]1C[C@H]3CO[C@@H](CCO)CN3C1)CCCC2. The maximum absolute atomic E-state index is 12.9. The van der Waals surface area contributed by atoms with Crippen LogP contribution in [0.1, 0.15) is 47.4 Å². The Morgan fingerprint density at radius 2 is 2.20 bits per heavy atom. The van der Waals surface area contributed by atoms with E-state index in [1.54, 1.807) is 4.68 Å². The van der Waals surface area contributed by atoms with Gasteiger partial charge >= 0.3 is 0 Å². The number of aliphatic hydroxyl groups excluding tert-OH is 1. The zero-order valence-corrected chi connectivity index (χ0v) is 14.9. The summed E-state index contributed by atoms with van der Waals surface area (Å²) in [6, 6.07) is 0.531. The van der Waals surface area contributed by atoms with Crippen LogP contribution in [0.25, 0.3) is 0 Å². The van der Waals surface area contributed by atoms with Crippen LogP contribution >= 0.6 is 0 Å². The number of hydrogen-bond acceptors (Lipinski definition) is 5. The van der Waals surface area contributed by atoms with Crippen molar-refractivity contribution in [2.24, 2.45) is 7.05 Å². The molecule has 2 N–H and O–H groups in total. The van der Waals surface area contributed by atoms with Crippen molar-refractivity contribution in [3.05, 3.63) is 17.0 Å². The first-order chi connectivity index (χ1) is 12.2. The molecule has 1 aliphatic carbocycles. The Labute approximate surface area is 148 Å². The highest BCUT2D eigenvalue weighted by molar-refractivity contribution is 5.94. The minimum absolute atomic E-state index is 0.0100. The van der Waals surface area contributed by atoms with Gasteiger partial charge in [0.1, 0.15) is 5.69 Å². The van der Waals surface area contributed by atoms with Crippen molar-refractivity contribution in [1.82, 2.24) is 20.0 Å². The van der Waals surface area contributed by atoms with Crippen LogP contribution in [0.4, 0.5) is 0 Å². The third kappa shape index (κ3) is 3.32. The van der Waals surface area contributed by atoms with Crippen molar-refractivity contribution < 1.29 is 14.6 Å². The normalized spacial score (nSPS) is 29.3. The second kappa shape index (κ2) is 7.05. The first-order valence-electron chi connectivity index (χ1n) is 9.48. The summed E-state index contributed by atoms with van der Waals surface area (Å²) >= 11 is 0. The van der Waals surface area contributed by atoms with Gasteiger partial charge in [0.25, 0.3) is 5.91 Å². The van der Waals surface area contributed by atoms with Gasteiger partial charge in [-0.15, -0.1) is 0 Å². The number of fused-ring (bicyclic) bond motifs is 2. The quantitative estimate of drug-likeness (QED) is 0.816. The molecule has 138 valence electrons. The second-order valence-corrected chi connectivity index (χ2v) is 7.59. The zero-order chi connectivity index (χ0) is 17.4. The summed E-state index contributed by atoms with van der Waals surface area (Å²) in [5.41, 5.74) is 2.99. The van der Waals surface area contributed by atoms with Crippen molar-refractivity contribution in [2.45, 2.75) is 56.7 Å². The summed E-state index contributed by atoms with van der Waals surface area (Å²) < 4.78 is 7.58. The van der Waals surface area contributed by atoms with Crippen LogP contribution in [0, 0.1) is 0 Å². The van der Waals surface area contributed by atoms with Gasteiger partial charge < -0.3 is 15.2 Å². The van der Waals surface area contributed by atoms with E-state index in [2.05, 4.69) is 15.3 Å². The van der Waals surface area contributed by atoms with E-state index in [-0.39, 0.29) is 24.7 Å². The molecule has 2 aliphatic heterocycles. The monoisotopic (exact) mass is 348 g/mol. The number of aliphatic hydroxyl groups is 1. The van der Waals surface area contributed by atoms with Gasteiger partial charge in [0.15, 0.2) is 0 Å². The lowest BCUT2D eigenvalue weighted by Gasteiger charge is -2.34. The van der Waals surface area contributed by atoms with Gasteiger partial charge in [0, 0.05) is 44.4 Å². The molecule has 3 heterocycles. The molecule has 0 saturated carbocycles. The summed E-state index contributed by atoms with van der Waals surface area (Å²) in [5.74, 6) is 0.0100. The highest BCUT2D eigenvalue weighted by atomic mass is 16.5. The van der Waals surface area contributed by atoms with E-state index >= 15 is 0 Å². The van der Waals surface area contributed by atoms with Gasteiger partial charge in [-0.1, -0.05) is 0 Å². The molecule has 2 fully saturated rings. The topological polar surface area (TPSA) is 79.6 Å². The Morgan fingerprint density at radius 3 is 3.04 bits per heavy atom. The van der Waals surface area contributed by atoms with E-state index in [4.69, 9.17) is 9.84 Å². The van der Waals surface area contributed by atoms with Crippen molar-refractivity contribution in [3.8, 4) is 0 Å². The van der Waals surface area contributed by atoms with Crippen LogP contribution in [-0.2, 0) is 24.6 Å². The summed E-state index contributed by atoms with van der Waals surface area (Å²) in [4.78, 5) is 15.3. The molecule has 0 unspecified atom stereocenters. The molecule has 7 heteroatoms. The fraction of sp³-hybridized carbons (Fsp3) is 0.778. The fourth-order valence-electron chi connectivity index (χ4n) is 4.58. The Kier molecular flexibility index (Phi) is 4.80. The Bertz CT molecular complexity index is 645. The molecular formula is C18H28N4O3. The Morgan fingerprint density at radius 1 is 1.36 bits per heavy atom. The van der Waals surface area contributed by atoms with Crippen LogP contribution in [0.2, 0.25) is 0 Å². The average Bonchev–Trinajstić information content (AvgIpc) is 3.13. The van der Waals surface area contributed by atoms with Crippen molar-refractivity contribution >= 4 is 5.91 Å². The van der Waals surface area contributed by atoms with E-state index in [1.807, 2.05) is 7.05 Å². The third-order valence-electron chi connectivity index (χ3n) is 5.81. The number of morpholine rings is 1. The number of carbonyl (C=O) groups is 1. The van der Waals surface area contributed by atoms with Crippen LogP contribution in [-0.4, -0.2) is 70.2 Å². The lowest BCUT2D eigenvalue weighted by atomic mass is 9.95. The molecule has 2 saturated heterocycles. The first-order valence-corrected chi connectivity index (χ1v) is 9.48. The highest BCUT2D eigenvalue weighted by Crippen LogP contribution is 2.26. The molecule has 0 aromatic carbocycles. The fourth-order valence-corrected chi connectivity index (χ4v) is 4.58. The lowest BCUT2D eigenvalue weighted by Crippen LogP contribution is -2.46. The van der Waals surface area contributed by atoms with E-state index in [9.17, 15) is 4.79 Å². The summed E-state index contributed by atoms with van der Waals surface area (Å²) in [6.07, 6.45) is 5.97. The minimum Gasteiger partial charge on any atom is -0.396 e. The number of nitrogens with one attached hydrogen (secondary N) is 1. The molecule has 0 spiro atoms. The molecule has 1 aromatic rings. The van der Waals surface area contributed by atoms with E-state index in [0.717, 1.165) is 55.7 Å². The largest absolute Gasteiger partial charge is 0.396 e. The van der Waals surface area contributed by atoms with Gasteiger partial charge in [-0.2, -0.15) is 5.10 Å². The number of hydrogen-bond donors (Lipinski definition) is 2. The van der Waals surface area contributed by atoms with Gasteiger partial charge in [-0.3, -0.25) is 14.4 Å². The van der Waals surface area contributed by atoms with Crippen molar-refractivity contribution in [1.29, 1.82) is 0 Å². The maximum atomic E-state index is 12.9. The number of carbonyl (C=O) groups excluding carboxylic acids is 1. The summed E-state index contributed by atoms with van der Waals surface area (Å²) in [5, 5.41) is 16.9. The smallest absolute Gasteiger partial charge is 0.270 e.